The Morgan fingerprint density at radius 3 is 2.59 bits per heavy atom. The van der Waals surface area contributed by atoms with E-state index in [1.165, 1.54) is 10.4 Å². The lowest BCUT2D eigenvalue weighted by Crippen LogP contribution is -2.43. The normalized spacial score (nSPS) is 15.5. The Bertz CT molecular complexity index is 1170. The molecular formula is C23H24ClN3O3S2. The number of nitrogens with zero attached hydrogens (tertiary/aromatic N) is 2. The van der Waals surface area contributed by atoms with Gasteiger partial charge in [-0.2, -0.15) is 4.31 Å². The standard InChI is InChI=1S/C23H24ClN3O3S2/c24-19-7-4-8-21(15-19)32(29,30)27-13-10-17(11-14-27)22(28)25-12-9-20-16-31-23(26-20)18-5-2-1-3-6-18/h1-8,15-17H,9-14H2,(H,25,28). The van der Waals surface area contributed by atoms with Crippen molar-refractivity contribution in [2.24, 2.45) is 5.92 Å². The third-order valence-corrected chi connectivity index (χ3v) is 8.58. The van der Waals surface area contributed by atoms with Crippen molar-refractivity contribution in [1.82, 2.24) is 14.6 Å². The number of piperidine rings is 1. The van der Waals surface area contributed by atoms with E-state index in [0.29, 0.717) is 43.9 Å². The summed E-state index contributed by atoms with van der Waals surface area (Å²) in [5, 5.41) is 6.36. The molecule has 1 aromatic heterocycles. The summed E-state index contributed by atoms with van der Waals surface area (Å²) in [4.78, 5) is 17.4. The highest BCUT2D eigenvalue weighted by molar-refractivity contribution is 7.89. The van der Waals surface area contributed by atoms with E-state index in [1.54, 1.807) is 29.5 Å². The van der Waals surface area contributed by atoms with E-state index in [0.717, 1.165) is 16.3 Å². The minimum atomic E-state index is -3.60. The molecule has 0 unspecified atom stereocenters. The molecule has 32 heavy (non-hydrogen) atoms. The number of thiazole rings is 1. The highest BCUT2D eigenvalue weighted by Crippen LogP contribution is 2.26. The average Bonchev–Trinajstić information content (AvgIpc) is 3.29. The van der Waals surface area contributed by atoms with Gasteiger partial charge in [0.2, 0.25) is 15.9 Å². The molecule has 1 saturated heterocycles. The minimum Gasteiger partial charge on any atom is -0.355 e. The maximum absolute atomic E-state index is 12.8. The number of benzene rings is 2. The molecule has 6 nitrogen and oxygen atoms in total. The van der Waals surface area contributed by atoms with Crippen LogP contribution < -0.4 is 5.32 Å². The Balaban J connectivity index is 1.25. The number of carbonyl (C=O) groups excluding carboxylic acids is 1. The van der Waals surface area contributed by atoms with Crippen LogP contribution in [0.3, 0.4) is 0 Å². The summed E-state index contributed by atoms with van der Waals surface area (Å²) >= 11 is 7.54. The fraction of sp³-hybridized carbons (Fsp3) is 0.304. The molecule has 9 heteroatoms. The summed E-state index contributed by atoms with van der Waals surface area (Å²) in [6.45, 7) is 1.15. The largest absolute Gasteiger partial charge is 0.355 e. The van der Waals surface area contributed by atoms with Crippen molar-refractivity contribution in [2.75, 3.05) is 19.6 Å². The van der Waals surface area contributed by atoms with Gasteiger partial charge < -0.3 is 5.32 Å². The number of halogens is 1. The summed E-state index contributed by atoms with van der Waals surface area (Å²) in [7, 11) is -3.60. The van der Waals surface area contributed by atoms with Gasteiger partial charge in [-0.25, -0.2) is 13.4 Å². The summed E-state index contributed by atoms with van der Waals surface area (Å²) < 4.78 is 27.1. The van der Waals surface area contributed by atoms with Gasteiger partial charge in [0, 0.05) is 47.9 Å². The number of amides is 1. The molecule has 1 aliphatic rings. The zero-order valence-corrected chi connectivity index (χ0v) is 19.8. The van der Waals surface area contributed by atoms with Crippen molar-refractivity contribution < 1.29 is 13.2 Å². The van der Waals surface area contributed by atoms with Crippen LogP contribution in [-0.4, -0.2) is 43.2 Å². The average molecular weight is 490 g/mol. The molecule has 1 aliphatic heterocycles. The topological polar surface area (TPSA) is 79.4 Å². The number of sulfonamides is 1. The minimum absolute atomic E-state index is 0.0247. The van der Waals surface area contributed by atoms with Crippen molar-refractivity contribution in [2.45, 2.75) is 24.2 Å². The van der Waals surface area contributed by atoms with Gasteiger partial charge in [-0.1, -0.05) is 48.0 Å². The number of aromatic nitrogens is 1. The van der Waals surface area contributed by atoms with Crippen LogP contribution in [0.4, 0.5) is 0 Å². The lowest BCUT2D eigenvalue weighted by molar-refractivity contribution is -0.126. The smallest absolute Gasteiger partial charge is 0.243 e. The first-order valence-electron chi connectivity index (χ1n) is 10.5. The maximum Gasteiger partial charge on any atom is 0.243 e. The van der Waals surface area contributed by atoms with Gasteiger partial charge in [-0.05, 0) is 31.0 Å². The van der Waals surface area contributed by atoms with Crippen LogP contribution in [0.15, 0.2) is 64.9 Å². The number of hydrogen-bond acceptors (Lipinski definition) is 5. The van der Waals surface area contributed by atoms with E-state index in [9.17, 15) is 13.2 Å². The van der Waals surface area contributed by atoms with Crippen molar-refractivity contribution >= 4 is 38.9 Å². The van der Waals surface area contributed by atoms with Crippen LogP contribution >= 0.6 is 22.9 Å². The highest BCUT2D eigenvalue weighted by Gasteiger charge is 2.32. The molecule has 1 fully saturated rings. The van der Waals surface area contributed by atoms with Gasteiger partial charge in [-0.3, -0.25) is 4.79 Å². The van der Waals surface area contributed by atoms with Gasteiger partial charge in [0.05, 0.1) is 10.6 Å². The Morgan fingerprint density at radius 2 is 1.88 bits per heavy atom. The molecule has 1 N–H and O–H groups in total. The molecule has 4 rings (SSSR count). The summed E-state index contributed by atoms with van der Waals surface area (Å²) in [6, 6.07) is 16.3. The number of rotatable bonds is 7. The molecule has 2 heterocycles. The van der Waals surface area contributed by atoms with Gasteiger partial charge in [-0.15, -0.1) is 11.3 Å². The van der Waals surface area contributed by atoms with Crippen LogP contribution in [0, 0.1) is 5.92 Å². The van der Waals surface area contributed by atoms with Crippen molar-refractivity contribution in [3.8, 4) is 10.6 Å². The summed E-state index contributed by atoms with van der Waals surface area (Å²) in [5.41, 5.74) is 2.05. The molecule has 0 saturated carbocycles. The van der Waals surface area contributed by atoms with Crippen LogP contribution in [0.25, 0.3) is 10.6 Å². The van der Waals surface area contributed by atoms with Crippen LogP contribution in [-0.2, 0) is 21.2 Å². The molecule has 0 radical (unpaired) electrons. The van der Waals surface area contributed by atoms with Crippen LogP contribution in [0.5, 0.6) is 0 Å². The van der Waals surface area contributed by atoms with E-state index in [-0.39, 0.29) is 16.7 Å². The molecule has 0 aliphatic carbocycles. The molecule has 168 valence electrons. The molecule has 3 aromatic rings. The SMILES string of the molecule is O=C(NCCc1csc(-c2ccccc2)n1)C1CCN(S(=O)(=O)c2cccc(Cl)c2)CC1. The zero-order valence-electron chi connectivity index (χ0n) is 17.4. The third kappa shape index (κ3) is 5.38. The van der Waals surface area contributed by atoms with E-state index in [2.05, 4.69) is 10.3 Å². The van der Waals surface area contributed by atoms with Gasteiger partial charge in [0.25, 0.3) is 0 Å². The predicted molar refractivity (Wildman–Crippen MR) is 127 cm³/mol. The van der Waals surface area contributed by atoms with Gasteiger partial charge >= 0.3 is 0 Å². The van der Waals surface area contributed by atoms with Gasteiger partial charge in [0.1, 0.15) is 5.01 Å². The maximum atomic E-state index is 12.8. The number of hydrogen-bond donors (Lipinski definition) is 1. The zero-order chi connectivity index (χ0) is 22.6. The monoisotopic (exact) mass is 489 g/mol. The lowest BCUT2D eigenvalue weighted by Gasteiger charge is -2.30. The molecule has 0 atom stereocenters. The number of nitrogens with one attached hydrogen (secondary N) is 1. The lowest BCUT2D eigenvalue weighted by atomic mass is 9.97. The van der Waals surface area contributed by atoms with E-state index < -0.39 is 10.0 Å². The molecule has 0 spiro atoms. The van der Waals surface area contributed by atoms with Gasteiger partial charge in [0.15, 0.2) is 0 Å². The highest BCUT2D eigenvalue weighted by atomic mass is 35.5. The van der Waals surface area contributed by atoms with Crippen LogP contribution in [0.1, 0.15) is 18.5 Å². The second kappa shape index (κ2) is 10.1. The first-order chi connectivity index (χ1) is 15.4. The molecule has 1 amide bonds. The third-order valence-electron chi connectivity index (χ3n) is 5.51. The van der Waals surface area contributed by atoms with E-state index in [1.807, 2.05) is 35.7 Å². The fourth-order valence-electron chi connectivity index (χ4n) is 3.73. The first-order valence-corrected chi connectivity index (χ1v) is 13.2. The molecular weight excluding hydrogens is 466 g/mol. The number of carbonyl (C=O) groups is 1. The Labute approximate surface area is 197 Å². The summed E-state index contributed by atoms with van der Waals surface area (Å²) in [5.74, 6) is -0.209. The second-order valence-electron chi connectivity index (χ2n) is 7.69. The Kier molecular flexibility index (Phi) is 7.25. The second-order valence-corrected chi connectivity index (χ2v) is 10.9. The van der Waals surface area contributed by atoms with Crippen LogP contribution in [0.2, 0.25) is 5.02 Å². The first kappa shape index (κ1) is 22.9. The van der Waals surface area contributed by atoms with E-state index in [4.69, 9.17) is 11.6 Å². The Morgan fingerprint density at radius 1 is 1.12 bits per heavy atom. The van der Waals surface area contributed by atoms with Crippen molar-refractivity contribution in [3.63, 3.8) is 0 Å². The predicted octanol–water partition coefficient (Wildman–Crippen LogP) is 4.22. The van der Waals surface area contributed by atoms with E-state index >= 15 is 0 Å². The molecule has 2 aromatic carbocycles. The fourth-order valence-corrected chi connectivity index (χ4v) is 6.36. The molecule has 0 bridgehead atoms. The van der Waals surface area contributed by atoms with Crippen molar-refractivity contribution in [3.05, 3.63) is 70.7 Å². The van der Waals surface area contributed by atoms with Crippen molar-refractivity contribution in [1.29, 1.82) is 0 Å². The Hall–Kier alpha value is -2.26. The summed E-state index contributed by atoms with van der Waals surface area (Å²) in [6.07, 6.45) is 1.66. The quantitative estimate of drug-likeness (QED) is 0.538.